The molecule has 3 aromatic rings. The lowest BCUT2D eigenvalue weighted by Crippen LogP contribution is -2.24. The zero-order valence-corrected chi connectivity index (χ0v) is 15.6. The van der Waals surface area contributed by atoms with Crippen LogP contribution in [0.1, 0.15) is 22.8 Å². The van der Waals surface area contributed by atoms with E-state index >= 15 is 0 Å². The first-order valence-electron chi connectivity index (χ1n) is 8.11. The lowest BCUT2D eigenvalue weighted by atomic mass is 10.1. The fourth-order valence-electron chi connectivity index (χ4n) is 2.85. The summed E-state index contributed by atoms with van der Waals surface area (Å²) < 4.78 is 67.3. The first-order valence-corrected chi connectivity index (χ1v) is 9.60. The highest BCUT2D eigenvalue weighted by atomic mass is 32.2. The molecule has 0 fully saturated rings. The van der Waals surface area contributed by atoms with E-state index in [1.165, 1.54) is 25.3 Å². The smallest absolute Gasteiger partial charge is 0.465 e. The van der Waals surface area contributed by atoms with Crippen LogP contribution in [0, 0.1) is 0 Å². The van der Waals surface area contributed by atoms with Crippen LogP contribution in [0.3, 0.4) is 0 Å². The van der Waals surface area contributed by atoms with Crippen LogP contribution in [0.2, 0.25) is 0 Å². The molecule has 1 N–H and O–H groups in total. The number of methoxy groups -OCH3 is 1. The molecule has 0 spiro atoms. The maximum absolute atomic E-state index is 13.0. The second-order valence-corrected chi connectivity index (χ2v) is 7.81. The highest BCUT2D eigenvalue weighted by Crippen LogP contribution is 2.35. The molecular weight excluding hydrogens is 397 g/mol. The second kappa shape index (κ2) is 6.93. The summed E-state index contributed by atoms with van der Waals surface area (Å²) in [4.78, 5) is 18.0. The molecule has 6 nitrogen and oxygen atoms in total. The minimum Gasteiger partial charge on any atom is -0.465 e. The fourth-order valence-corrected chi connectivity index (χ4v) is 3.91. The van der Waals surface area contributed by atoms with Gasteiger partial charge in [0.15, 0.2) is 0 Å². The summed E-state index contributed by atoms with van der Waals surface area (Å²) in [5.41, 5.74) is -3.94. The molecule has 0 saturated carbocycles. The molecule has 0 atom stereocenters. The Bertz CT molecular complexity index is 1150. The van der Waals surface area contributed by atoms with Gasteiger partial charge in [-0.05, 0) is 36.2 Å². The summed E-state index contributed by atoms with van der Waals surface area (Å²) in [7, 11) is -4.23. The second-order valence-electron chi connectivity index (χ2n) is 5.90. The van der Waals surface area contributed by atoms with Crippen molar-refractivity contribution in [3.05, 3.63) is 47.5 Å². The van der Waals surface area contributed by atoms with Crippen LogP contribution in [-0.4, -0.2) is 37.0 Å². The Morgan fingerprint density at radius 3 is 2.32 bits per heavy atom. The highest BCUT2D eigenvalue weighted by Gasteiger charge is 2.48. The van der Waals surface area contributed by atoms with Gasteiger partial charge in [0.2, 0.25) is 0 Å². The van der Waals surface area contributed by atoms with E-state index in [9.17, 15) is 26.4 Å². The van der Waals surface area contributed by atoms with Crippen molar-refractivity contribution in [3.63, 3.8) is 0 Å². The van der Waals surface area contributed by atoms with Crippen molar-refractivity contribution in [1.82, 2.24) is 9.97 Å². The van der Waals surface area contributed by atoms with Crippen LogP contribution >= 0.6 is 0 Å². The molecule has 0 aliphatic rings. The Labute approximate surface area is 158 Å². The topological polar surface area (TPSA) is 89.1 Å². The number of carbonyl (C=O) groups is 1. The van der Waals surface area contributed by atoms with Gasteiger partial charge in [0, 0.05) is 5.56 Å². The monoisotopic (exact) mass is 412 g/mol. The van der Waals surface area contributed by atoms with Gasteiger partial charge in [-0.15, -0.1) is 0 Å². The van der Waals surface area contributed by atoms with Crippen molar-refractivity contribution in [2.24, 2.45) is 0 Å². The van der Waals surface area contributed by atoms with Crippen LogP contribution < -0.4 is 0 Å². The Morgan fingerprint density at radius 1 is 1.14 bits per heavy atom. The number of hydrogen-bond donors (Lipinski definition) is 1. The first-order chi connectivity index (χ1) is 13.1. The molecular formula is C18H15F3N2O4S. The highest BCUT2D eigenvalue weighted by molar-refractivity contribution is 7.92. The van der Waals surface area contributed by atoms with E-state index in [0.29, 0.717) is 22.5 Å². The maximum Gasteiger partial charge on any atom is 0.501 e. The SMILES string of the molecule is CCc1c(S(=O)(=O)C(F)(F)F)ccc2[nH]c(-c3ccc(C(=O)OC)cc3)nc12. The Kier molecular flexibility index (Phi) is 4.92. The standard InChI is InChI=1S/C18H15F3N2O4S/c1-3-12-14(28(25,26)18(19,20)21)9-8-13-15(12)23-16(22-13)10-4-6-11(7-5-10)17(24)27-2/h4-9H,3H2,1-2H3,(H,22,23). The van der Waals surface area contributed by atoms with Crippen LogP contribution in [-0.2, 0) is 21.0 Å². The summed E-state index contributed by atoms with van der Waals surface area (Å²) in [5, 5.41) is 0. The Balaban J connectivity index is 2.13. The predicted octanol–water partition coefficient (Wildman–Crippen LogP) is 3.87. The summed E-state index contributed by atoms with van der Waals surface area (Å²) in [5.74, 6) is -0.172. The molecule has 1 aromatic heterocycles. The van der Waals surface area contributed by atoms with Crippen molar-refractivity contribution in [3.8, 4) is 11.4 Å². The number of hydrogen-bond acceptors (Lipinski definition) is 5. The van der Waals surface area contributed by atoms with E-state index in [-0.39, 0.29) is 17.5 Å². The molecule has 0 aliphatic carbocycles. The van der Waals surface area contributed by atoms with Crippen LogP contribution in [0.4, 0.5) is 13.2 Å². The number of carbonyl (C=O) groups excluding carboxylic acids is 1. The van der Waals surface area contributed by atoms with Gasteiger partial charge in [0.25, 0.3) is 9.84 Å². The molecule has 0 radical (unpaired) electrons. The van der Waals surface area contributed by atoms with Gasteiger partial charge < -0.3 is 9.72 Å². The van der Waals surface area contributed by atoms with Gasteiger partial charge in [-0.3, -0.25) is 0 Å². The number of benzene rings is 2. The first kappa shape index (κ1) is 19.9. The molecule has 0 saturated heterocycles. The normalized spacial score (nSPS) is 12.3. The van der Waals surface area contributed by atoms with Crippen LogP contribution in [0.5, 0.6) is 0 Å². The third kappa shape index (κ3) is 3.24. The number of nitrogens with zero attached hydrogens (tertiary/aromatic N) is 1. The third-order valence-corrected chi connectivity index (χ3v) is 5.81. The van der Waals surface area contributed by atoms with E-state index in [2.05, 4.69) is 14.7 Å². The average Bonchev–Trinajstić information content (AvgIpc) is 3.10. The van der Waals surface area contributed by atoms with Crippen molar-refractivity contribution in [2.45, 2.75) is 23.7 Å². The maximum atomic E-state index is 13.0. The summed E-state index contributed by atoms with van der Waals surface area (Å²) >= 11 is 0. The number of alkyl halides is 3. The minimum atomic E-state index is -5.49. The van der Waals surface area contributed by atoms with Crippen molar-refractivity contribution >= 4 is 26.8 Å². The quantitative estimate of drug-likeness (QED) is 0.657. The number of ether oxygens (including phenoxy) is 1. The number of sulfone groups is 1. The van der Waals surface area contributed by atoms with Gasteiger partial charge in [0.1, 0.15) is 5.82 Å². The fraction of sp³-hybridized carbons (Fsp3) is 0.222. The van der Waals surface area contributed by atoms with E-state index in [4.69, 9.17) is 0 Å². The lowest BCUT2D eigenvalue weighted by Gasteiger charge is -2.12. The van der Waals surface area contributed by atoms with Gasteiger partial charge in [-0.1, -0.05) is 19.1 Å². The van der Waals surface area contributed by atoms with Gasteiger partial charge >= 0.3 is 11.5 Å². The number of rotatable bonds is 4. The molecule has 28 heavy (non-hydrogen) atoms. The van der Waals surface area contributed by atoms with Gasteiger partial charge in [-0.2, -0.15) is 13.2 Å². The number of aromatic amines is 1. The number of imidazole rings is 1. The number of aromatic nitrogens is 2. The number of H-pyrrole nitrogens is 1. The zero-order chi connectivity index (χ0) is 20.7. The third-order valence-electron chi connectivity index (χ3n) is 4.24. The molecule has 148 valence electrons. The molecule has 0 unspecified atom stereocenters. The molecule has 0 aliphatic heterocycles. The zero-order valence-electron chi connectivity index (χ0n) is 14.8. The molecule has 1 heterocycles. The number of esters is 1. The lowest BCUT2D eigenvalue weighted by molar-refractivity contribution is -0.0436. The largest absolute Gasteiger partial charge is 0.501 e. The van der Waals surface area contributed by atoms with Gasteiger partial charge in [0.05, 0.1) is 28.6 Å². The van der Waals surface area contributed by atoms with Crippen LogP contribution in [0.15, 0.2) is 41.3 Å². The molecule has 0 bridgehead atoms. The molecule has 2 aromatic carbocycles. The molecule has 3 rings (SSSR count). The van der Waals surface area contributed by atoms with E-state index in [1.807, 2.05) is 0 Å². The number of aryl methyl sites for hydroxylation is 1. The predicted molar refractivity (Wildman–Crippen MR) is 95.5 cm³/mol. The Morgan fingerprint density at radius 2 is 1.79 bits per heavy atom. The van der Waals surface area contributed by atoms with Crippen molar-refractivity contribution in [1.29, 1.82) is 0 Å². The van der Waals surface area contributed by atoms with Crippen molar-refractivity contribution in [2.75, 3.05) is 7.11 Å². The number of nitrogens with one attached hydrogen (secondary N) is 1. The van der Waals surface area contributed by atoms with Gasteiger partial charge in [-0.25, -0.2) is 18.2 Å². The summed E-state index contributed by atoms with van der Waals surface area (Å²) in [6.45, 7) is 1.56. The van der Waals surface area contributed by atoms with E-state index in [1.54, 1.807) is 19.1 Å². The Hall–Kier alpha value is -2.88. The average molecular weight is 412 g/mol. The van der Waals surface area contributed by atoms with Crippen molar-refractivity contribution < 1.29 is 31.1 Å². The van der Waals surface area contributed by atoms with E-state index in [0.717, 1.165) is 6.07 Å². The summed E-state index contributed by atoms with van der Waals surface area (Å²) in [6.07, 6.45) is 0.0492. The van der Waals surface area contributed by atoms with Crippen LogP contribution in [0.25, 0.3) is 22.4 Å². The molecule has 0 amide bonds. The number of halogens is 3. The summed E-state index contributed by atoms with van der Waals surface area (Å²) in [6, 6.07) is 8.44. The molecule has 10 heteroatoms. The minimum absolute atomic E-state index is 0.0106. The number of fused-ring (bicyclic) bond motifs is 1. The van der Waals surface area contributed by atoms with E-state index < -0.39 is 26.2 Å².